The van der Waals surface area contributed by atoms with Crippen LogP contribution in [0.4, 0.5) is 0 Å². The standard InChI is InChI=1S/C18H23N3O2S/c1-14-20-16(12-24-14)10-22-17-7-18(23-11-17)4-6-21(13-18)9-15-3-2-5-19-8-15/h2-3,5,8,12,17H,4,6-7,9-11,13H2,1H3/t17-,18+/m1/s1. The molecule has 2 fully saturated rings. The van der Waals surface area contributed by atoms with E-state index in [2.05, 4.69) is 26.3 Å². The van der Waals surface area contributed by atoms with Gasteiger partial charge >= 0.3 is 0 Å². The lowest BCUT2D eigenvalue weighted by atomic mass is 9.98. The van der Waals surface area contributed by atoms with Crippen LogP contribution in [0, 0.1) is 6.92 Å². The second-order valence-corrected chi connectivity index (χ2v) is 7.87. The Bertz CT molecular complexity index is 678. The van der Waals surface area contributed by atoms with Crippen LogP contribution < -0.4 is 0 Å². The zero-order chi connectivity index (χ0) is 16.4. The average molecular weight is 345 g/mol. The number of hydrogen-bond donors (Lipinski definition) is 0. The van der Waals surface area contributed by atoms with Crippen molar-refractivity contribution in [1.29, 1.82) is 0 Å². The quantitative estimate of drug-likeness (QED) is 0.834. The third kappa shape index (κ3) is 3.67. The molecule has 5 nitrogen and oxygen atoms in total. The van der Waals surface area contributed by atoms with Gasteiger partial charge in [0.25, 0.3) is 0 Å². The summed E-state index contributed by atoms with van der Waals surface area (Å²) >= 11 is 1.67. The van der Waals surface area contributed by atoms with Gasteiger partial charge in [0.05, 0.1) is 35.6 Å². The number of ether oxygens (including phenoxy) is 2. The zero-order valence-corrected chi connectivity index (χ0v) is 14.8. The molecule has 0 unspecified atom stereocenters. The first-order chi connectivity index (χ1) is 11.7. The maximum atomic E-state index is 6.18. The molecule has 0 aromatic carbocycles. The minimum atomic E-state index is -0.0229. The van der Waals surface area contributed by atoms with Gasteiger partial charge in [0.1, 0.15) is 0 Å². The number of aromatic nitrogens is 2. The van der Waals surface area contributed by atoms with Gasteiger partial charge < -0.3 is 9.47 Å². The van der Waals surface area contributed by atoms with Crippen LogP contribution in [0.3, 0.4) is 0 Å². The lowest BCUT2D eigenvalue weighted by molar-refractivity contribution is -0.000753. The molecule has 2 aliphatic heterocycles. The Morgan fingerprint density at radius 1 is 1.50 bits per heavy atom. The first kappa shape index (κ1) is 16.1. The molecule has 0 amide bonds. The minimum Gasteiger partial charge on any atom is -0.371 e. The van der Waals surface area contributed by atoms with Crippen molar-refractivity contribution in [2.24, 2.45) is 0 Å². The van der Waals surface area contributed by atoms with E-state index in [4.69, 9.17) is 9.47 Å². The number of thiazole rings is 1. The number of hydrogen-bond acceptors (Lipinski definition) is 6. The van der Waals surface area contributed by atoms with Crippen LogP contribution in [0.25, 0.3) is 0 Å². The largest absolute Gasteiger partial charge is 0.371 e. The second kappa shape index (κ2) is 6.88. The summed E-state index contributed by atoms with van der Waals surface area (Å²) in [5.74, 6) is 0. The Balaban J connectivity index is 1.28. The molecular weight excluding hydrogens is 322 g/mol. The van der Waals surface area contributed by atoms with Gasteiger partial charge in [0, 0.05) is 43.8 Å². The van der Waals surface area contributed by atoms with Crippen LogP contribution in [-0.2, 0) is 22.6 Å². The average Bonchev–Trinajstić information content (AvgIpc) is 3.29. The molecule has 24 heavy (non-hydrogen) atoms. The van der Waals surface area contributed by atoms with E-state index >= 15 is 0 Å². The van der Waals surface area contributed by atoms with Crippen LogP contribution in [0.2, 0.25) is 0 Å². The van der Waals surface area contributed by atoms with E-state index in [-0.39, 0.29) is 11.7 Å². The van der Waals surface area contributed by atoms with Crippen LogP contribution in [0.5, 0.6) is 0 Å². The fraction of sp³-hybridized carbons (Fsp3) is 0.556. The van der Waals surface area contributed by atoms with Gasteiger partial charge in [-0.25, -0.2) is 4.98 Å². The molecule has 4 rings (SSSR count). The van der Waals surface area contributed by atoms with Gasteiger partial charge in [-0.1, -0.05) is 6.07 Å². The number of aryl methyl sites for hydroxylation is 1. The molecular formula is C18H23N3O2S. The third-order valence-corrected chi connectivity index (χ3v) is 5.66. The molecule has 1 spiro atoms. The van der Waals surface area contributed by atoms with Gasteiger partial charge in [0.2, 0.25) is 0 Å². The fourth-order valence-corrected chi connectivity index (χ4v) is 4.28. The van der Waals surface area contributed by atoms with Crippen LogP contribution >= 0.6 is 11.3 Å². The SMILES string of the molecule is Cc1nc(CO[C@H]2CO[C@@]3(CCN(Cc4cccnc4)C3)C2)cs1. The van der Waals surface area contributed by atoms with Crippen LogP contribution in [0.1, 0.15) is 29.1 Å². The van der Waals surface area contributed by atoms with Crippen molar-refractivity contribution in [3.8, 4) is 0 Å². The van der Waals surface area contributed by atoms with E-state index in [1.54, 1.807) is 11.3 Å². The van der Waals surface area contributed by atoms with Crippen molar-refractivity contribution in [2.45, 2.75) is 44.6 Å². The van der Waals surface area contributed by atoms with Crippen molar-refractivity contribution >= 4 is 11.3 Å². The predicted octanol–water partition coefficient (Wildman–Crippen LogP) is 2.80. The normalized spacial score (nSPS) is 27.3. The monoisotopic (exact) mass is 345 g/mol. The maximum absolute atomic E-state index is 6.18. The van der Waals surface area contributed by atoms with Crippen molar-refractivity contribution in [2.75, 3.05) is 19.7 Å². The number of nitrogens with zero attached hydrogens (tertiary/aromatic N) is 3. The van der Waals surface area contributed by atoms with Crippen LogP contribution in [0.15, 0.2) is 29.9 Å². The van der Waals surface area contributed by atoms with E-state index in [0.717, 1.165) is 43.2 Å². The minimum absolute atomic E-state index is 0.0229. The van der Waals surface area contributed by atoms with E-state index < -0.39 is 0 Å². The van der Waals surface area contributed by atoms with E-state index in [0.29, 0.717) is 13.2 Å². The Kier molecular flexibility index (Phi) is 4.63. The van der Waals surface area contributed by atoms with Gasteiger partial charge in [0.15, 0.2) is 0 Å². The Morgan fingerprint density at radius 3 is 3.25 bits per heavy atom. The summed E-state index contributed by atoms with van der Waals surface area (Å²) < 4.78 is 12.2. The molecule has 4 heterocycles. The lowest BCUT2D eigenvalue weighted by Gasteiger charge is -2.23. The molecule has 2 aromatic rings. The highest BCUT2D eigenvalue weighted by Crippen LogP contribution is 2.37. The summed E-state index contributed by atoms with van der Waals surface area (Å²) in [5, 5.41) is 3.17. The van der Waals surface area contributed by atoms with E-state index in [9.17, 15) is 0 Å². The molecule has 0 aliphatic carbocycles. The zero-order valence-electron chi connectivity index (χ0n) is 14.0. The smallest absolute Gasteiger partial charge is 0.0901 e. The summed E-state index contributed by atoms with van der Waals surface area (Å²) in [7, 11) is 0. The number of rotatable bonds is 5. The molecule has 0 bridgehead atoms. The van der Waals surface area contributed by atoms with Gasteiger partial charge in [-0.3, -0.25) is 9.88 Å². The first-order valence-electron chi connectivity index (χ1n) is 8.49. The molecule has 2 atom stereocenters. The molecule has 0 saturated carbocycles. The highest BCUT2D eigenvalue weighted by Gasteiger charge is 2.45. The van der Waals surface area contributed by atoms with E-state index in [1.807, 2.05) is 25.4 Å². The van der Waals surface area contributed by atoms with Crippen molar-refractivity contribution in [3.05, 3.63) is 46.2 Å². The number of pyridine rings is 1. The summed E-state index contributed by atoms with van der Waals surface area (Å²) in [5.41, 5.74) is 2.27. The molecule has 6 heteroatoms. The maximum Gasteiger partial charge on any atom is 0.0901 e. The summed E-state index contributed by atoms with van der Waals surface area (Å²) in [6.45, 7) is 6.32. The topological polar surface area (TPSA) is 47.5 Å². The summed E-state index contributed by atoms with van der Waals surface area (Å²) in [6, 6.07) is 4.13. The molecule has 2 saturated heterocycles. The van der Waals surface area contributed by atoms with Gasteiger partial charge in [-0.05, 0) is 25.0 Å². The second-order valence-electron chi connectivity index (χ2n) is 6.81. The summed E-state index contributed by atoms with van der Waals surface area (Å²) in [6.07, 6.45) is 6.02. The van der Waals surface area contributed by atoms with Crippen molar-refractivity contribution < 1.29 is 9.47 Å². The Labute approximate surface area is 146 Å². The Hall–Kier alpha value is -1.34. The molecule has 2 aliphatic rings. The summed E-state index contributed by atoms with van der Waals surface area (Å²) in [4.78, 5) is 11.1. The highest BCUT2D eigenvalue weighted by atomic mass is 32.1. The highest BCUT2D eigenvalue weighted by molar-refractivity contribution is 7.09. The number of likely N-dealkylation sites (tertiary alicyclic amines) is 1. The molecule has 0 N–H and O–H groups in total. The Morgan fingerprint density at radius 2 is 2.46 bits per heavy atom. The first-order valence-corrected chi connectivity index (χ1v) is 9.37. The molecule has 128 valence electrons. The van der Waals surface area contributed by atoms with Crippen LogP contribution in [-0.4, -0.2) is 46.3 Å². The van der Waals surface area contributed by atoms with Gasteiger partial charge in [-0.15, -0.1) is 11.3 Å². The van der Waals surface area contributed by atoms with Crippen molar-refractivity contribution in [3.63, 3.8) is 0 Å². The third-order valence-electron chi connectivity index (χ3n) is 4.83. The predicted molar refractivity (Wildman–Crippen MR) is 92.9 cm³/mol. The van der Waals surface area contributed by atoms with Gasteiger partial charge in [-0.2, -0.15) is 0 Å². The van der Waals surface area contributed by atoms with E-state index in [1.165, 1.54) is 5.56 Å². The molecule has 0 radical (unpaired) electrons. The lowest BCUT2D eigenvalue weighted by Crippen LogP contribution is -2.33. The molecule has 2 aromatic heterocycles. The fourth-order valence-electron chi connectivity index (χ4n) is 3.68. The van der Waals surface area contributed by atoms with Crippen molar-refractivity contribution in [1.82, 2.24) is 14.9 Å².